The molecular weight excluding hydrogens is 369 g/mol. The number of ketones is 1. The number of carbonyl (C=O) groups is 2. The average molecular weight is 386 g/mol. The average Bonchev–Trinajstić information content (AvgIpc) is 2.62. The molecule has 1 saturated heterocycles. The fraction of sp³-hybridized carbons (Fsp3) is 0.143. The van der Waals surface area contributed by atoms with Crippen LogP contribution < -0.4 is 0 Å². The van der Waals surface area contributed by atoms with Crippen LogP contribution in [0.3, 0.4) is 0 Å². The fourth-order valence-electron chi connectivity index (χ4n) is 2.78. The van der Waals surface area contributed by atoms with Crippen molar-refractivity contribution in [3.8, 4) is 0 Å². The van der Waals surface area contributed by atoms with Crippen LogP contribution in [0.4, 0.5) is 0 Å². The summed E-state index contributed by atoms with van der Waals surface area (Å²) in [6.07, 6.45) is 3.62. The molecule has 1 aliphatic rings. The van der Waals surface area contributed by atoms with Crippen LogP contribution in [0.2, 0.25) is 10.0 Å². The quantitative estimate of drug-likeness (QED) is 0.689. The van der Waals surface area contributed by atoms with Gasteiger partial charge in [-0.15, -0.1) is 0 Å². The van der Waals surface area contributed by atoms with Gasteiger partial charge in [-0.1, -0.05) is 47.5 Å². The Labute approximate surface area is 162 Å². The summed E-state index contributed by atoms with van der Waals surface area (Å²) in [6.45, 7) is 2.11. The first kappa shape index (κ1) is 18.4. The van der Waals surface area contributed by atoms with Crippen molar-refractivity contribution in [3.63, 3.8) is 0 Å². The minimum atomic E-state index is -0.0680. The lowest BCUT2D eigenvalue weighted by atomic mass is 9.94. The van der Waals surface area contributed by atoms with Gasteiger partial charge in [-0.05, 0) is 47.5 Å². The largest absolute Gasteiger partial charge is 0.334 e. The van der Waals surface area contributed by atoms with Crippen LogP contribution in [0.25, 0.3) is 12.2 Å². The molecule has 0 atom stereocenters. The second kappa shape index (κ2) is 7.90. The molecule has 1 fully saturated rings. The predicted molar refractivity (Wildman–Crippen MR) is 106 cm³/mol. The highest BCUT2D eigenvalue weighted by molar-refractivity contribution is 6.30. The van der Waals surface area contributed by atoms with Gasteiger partial charge in [0.2, 0.25) is 5.91 Å². The monoisotopic (exact) mass is 385 g/mol. The third-order valence-corrected chi connectivity index (χ3v) is 4.68. The normalized spacial score (nSPS) is 17.8. The van der Waals surface area contributed by atoms with Crippen molar-refractivity contribution in [2.75, 3.05) is 13.1 Å². The number of piperidine rings is 1. The van der Waals surface area contributed by atoms with Gasteiger partial charge in [0.05, 0.1) is 0 Å². The third kappa shape index (κ3) is 4.43. The van der Waals surface area contributed by atoms with Crippen molar-refractivity contribution in [2.45, 2.75) is 6.92 Å². The number of rotatable bonds is 2. The molecule has 26 heavy (non-hydrogen) atoms. The molecule has 2 aromatic rings. The van der Waals surface area contributed by atoms with Crippen molar-refractivity contribution in [1.29, 1.82) is 0 Å². The van der Waals surface area contributed by atoms with E-state index in [0.717, 1.165) is 11.1 Å². The van der Waals surface area contributed by atoms with Crippen LogP contribution in [0.1, 0.15) is 18.1 Å². The molecule has 1 aliphatic heterocycles. The number of nitrogens with zero attached hydrogens (tertiary/aromatic N) is 1. The van der Waals surface area contributed by atoms with E-state index in [-0.39, 0.29) is 11.7 Å². The van der Waals surface area contributed by atoms with Gasteiger partial charge in [0.1, 0.15) is 0 Å². The Morgan fingerprint density at radius 3 is 1.58 bits per heavy atom. The van der Waals surface area contributed by atoms with E-state index in [1.807, 2.05) is 36.4 Å². The molecule has 3 nitrogen and oxygen atoms in total. The summed E-state index contributed by atoms with van der Waals surface area (Å²) in [5.74, 6) is -0.117. The second-order valence-corrected chi connectivity index (χ2v) is 7.02. The summed E-state index contributed by atoms with van der Waals surface area (Å²) in [5, 5.41) is 1.27. The van der Waals surface area contributed by atoms with Gasteiger partial charge in [-0.2, -0.15) is 0 Å². The lowest BCUT2D eigenvalue weighted by molar-refractivity contribution is -0.129. The van der Waals surface area contributed by atoms with E-state index in [1.165, 1.54) is 6.92 Å². The van der Waals surface area contributed by atoms with E-state index < -0.39 is 0 Å². The van der Waals surface area contributed by atoms with Gasteiger partial charge < -0.3 is 4.90 Å². The van der Waals surface area contributed by atoms with Gasteiger partial charge in [0, 0.05) is 41.2 Å². The molecule has 0 radical (unpaired) electrons. The molecule has 0 spiro atoms. The summed E-state index contributed by atoms with van der Waals surface area (Å²) < 4.78 is 0. The Bertz CT molecular complexity index is 829. The van der Waals surface area contributed by atoms with Gasteiger partial charge in [0.15, 0.2) is 5.78 Å². The minimum Gasteiger partial charge on any atom is -0.334 e. The second-order valence-electron chi connectivity index (χ2n) is 6.15. The Morgan fingerprint density at radius 1 is 0.846 bits per heavy atom. The topological polar surface area (TPSA) is 37.4 Å². The van der Waals surface area contributed by atoms with Gasteiger partial charge >= 0.3 is 0 Å². The van der Waals surface area contributed by atoms with Crippen LogP contribution in [0.15, 0.2) is 59.7 Å². The molecule has 3 rings (SSSR count). The lowest BCUT2D eigenvalue weighted by Gasteiger charge is -2.29. The Balaban J connectivity index is 1.97. The summed E-state index contributed by atoms with van der Waals surface area (Å²) >= 11 is 11.8. The van der Waals surface area contributed by atoms with E-state index in [4.69, 9.17) is 23.2 Å². The number of benzene rings is 2. The van der Waals surface area contributed by atoms with Crippen molar-refractivity contribution in [2.24, 2.45) is 0 Å². The first-order valence-electron chi connectivity index (χ1n) is 8.15. The molecule has 0 N–H and O–H groups in total. The van der Waals surface area contributed by atoms with Crippen LogP contribution in [0, 0.1) is 0 Å². The lowest BCUT2D eigenvalue weighted by Crippen LogP contribution is -2.40. The highest BCUT2D eigenvalue weighted by Crippen LogP contribution is 2.23. The Morgan fingerprint density at radius 2 is 1.23 bits per heavy atom. The minimum absolute atomic E-state index is 0.0487. The number of hydrogen-bond acceptors (Lipinski definition) is 2. The van der Waals surface area contributed by atoms with E-state index in [9.17, 15) is 9.59 Å². The van der Waals surface area contributed by atoms with Crippen molar-refractivity contribution in [3.05, 3.63) is 80.8 Å². The fourth-order valence-corrected chi connectivity index (χ4v) is 3.03. The van der Waals surface area contributed by atoms with Gasteiger partial charge in [-0.25, -0.2) is 0 Å². The number of carbonyl (C=O) groups excluding carboxylic acids is 2. The smallest absolute Gasteiger partial charge is 0.220 e. The molecule has 2 aromatic carbocycles. The van der Waals surface area contributed by atoms with Crippen molar-refractivity contribution < 1.29 is 9.59 Å². The summed E-state index contributed by atoms with van der Waals surface area (Å²) in [6, 6.07) is 14.5. The molecule has 0 aromatic heterocycles. The zero-order chi connectivity index (χ0) is 18.7. The van der Waals surface area contributed by atoms with Gasteiger partial charge in [-0.3, -0.25) is 9.59 Å². The van der Waals surface area contributed by atoms with E-state index in [2.05, 4.69) is 0 Å². The SMILES string of the molecule is CC(=O)N1C/C(=C/c2ccc(Cl)cc2)C(=O)/C(=C/c2ccc(Cl)cc2)C1. The number of Topliss-reactive ketones (excluding diaryl/α,β-unsaturated/α-hetero) is 1. The molecule has 132 valence electrons. The highest BCUT2D eigenvalue weighted by atomic mass is 35.5. The molecular formula is C21H17Cl2NO2. The maximum atomic E-state index is 12.9. The first-order chi connectivity index (χ1) is 12.4. The Kier molecular flexibility index (Phi) is 5.60. The zero-order valence-electron chi connectivity index (χ0n) is 14.2. The maximum absolute atomic E-state index is 12.9. The van der Waals surface area contributed by atoms with Crippen molar-refractivity contribution in [1.82, 2.24) is 4.90 Å². The summed E-state index contributed by atoms with van der Waals surface area (Å²) in [5.41, 5.74) is 2.89. The third-order valence-electron chi connectivity index (χ3n) is 4.17. The van der Waals surface area contributed by atoms with Crippen LogP contribution in [-0.2, 0) is 9.59 Å². The summed E-state index contributed by atoms with van der Waals surface area (Å²) in [7, 11) is 0. The number of halogens is 2. The molecule has 0 bridgehead atoms. The van der Waals surface area contributed by atoms with E-state index >= 15 is 0 Å². The van der Waals surface area contributed by atoms with Crippen LogP contribution in [-0.4, -0.2) is 29.7 Å². The molecule has 1 amide bonds. The molecule has 0 saturated carbocycles. The molecule has 0 unspecified atom stereocenters. The molecule has 0 aliphatic carbocycles. The first-order valence-corrected chi connectivity index (χ1v) is 8.90. The number of likely N-dealkylation sites (tertiary alicyclic amines) is 1. The number of hydrogen-bond donors (Lipinski definition) is 0. The standard InChI is InChI=1S/C21H17Cl2NO2/c1-14(25)24-12-17(10-15-2-6-19(22)7-3-15)21(26)18(13-24)11-16-4-8-20(23)9-5-16/h2-11H,12-13H2,1H3/b17-10-,18-11+. The van der Waals surface area contributed by atoms with Crippen LogP contribution in [0.5, 0.6) is 0 Å². The number of amides is 1. The molecule has 1 heterocycles. The van der Waals surface area contributed by atoms with E-state index in [0.29, 0.717) is 34.3 Å². The summed E-state index contributed by atoms with van der Waals surface area (Å²) in [4.78, 5) is 26.5. The maximum Gasteiger partial charge on any atom is 0.220 e. The highest BCUT2D eigenvalue weighted by Gasteiger charge is 2.27. The van der Waals surface area contributed by atoms with Crippen molar-refractivity contribution >= 4 is 47.0 Å². The zero-order valence-corrected chi connectivity index (χ0v) is 15.7. The molecule has 5 heteroatoms. The van der Waals surface area contributed by atoms with Crippen LogP contribution >= 0.6 is 23.2 Å². The van der Waals surface area contributed by atoms with E-state index in [1.54, 1.807) is 29.2 Å². The predicted octanol–water partition coefficient (Wildman–Crippen LogP) is 4.89. The van der Waals surface area contributed by atoms with Gasteiger partial charge in [0.25, 0.3) is 0 Å². The Hall–Kier alpha value is -2.36.